The molecule has 0 spiro atoms. The van der Waals surface area contributed by atoms with Gasteiger partial charge in [-0.05, 0) is 47.4 Å². The van der Waals surface area contributed by atoms with Crippen molar-refractivity contribution in [2.24, 2.45) is 0 Å². The van der Waals surface area contributed by atoms with Gasteiger partial charge < -0.3 is 4.74 Å². The second-order valence-electron chi connectivity index (χ2n) is 6.81. The summed E-state index contributed by atoms with van der Waals surface area (Å²) in [5.41, 5.74) is 1.08. The van der Waals surface area contributed by atoms with Gasteiger partial charge in [0.1, 0.15) is 11.6 Å². The predicted octanol–water partition coefficient (Wildman–Crippen LogP) is 7.69. The topological polar surface area (TPSA) is 9.23 Å². The lowest BCUT2D eigenvalue weighted by molar-refractivity contribution is 0.200. The first-order valence-electron chi connectivity index (χ1n) is 9.49. The van der Waals surface area contributed by atoms with E-state index in [9.17, 15) is 26.3 Å². The summed E-state index contributed by atoms with van der Waals surface area (Å²) in [4.78, 5) is 0. The maximum Gasteiger partial charge on any atom is 0.260 e. The second kappa shape index (κ2) is 9.73. The fourth-order valence-corrected chi connectivity index (χ4v) is 3.15. The highest BCUT2D eigenvalue weighted by Crippen LogP contribution is 2.33. The molecule has 162 valence electrons. The number of allylic oxidation sites excluding steroid dienone is 1. The molecule has 3 aromatic carbocycles. The molecule has 3 rings (SSSR count). The maximum absolute atomic E-state index is 14.7. The van der Waals surface area contributed by atoms with Gasteiger partial charge >= 0.3 is 0 Å². The Morgan fingerprint density at radius 3 is 1.94 bits per heavy atom. The molecule has 0 unspecified atom stereocenters. The summed E-state index contributed by atoms with van der Waals surface area (Å²) in [6.07, 6.45) is -0.465. The minimum absolute atomic E-state index is 0.112. The van der Waals surface area contributed by atoms with E-state index in [0.29, 0.717) is 12.3 Å². The zero-order chi connectivity index (χ0) is 22.5. The first-order chi connectivity index (χ1) is 14.8. The molecule has 0 saturated carbocycles. The summed E-state index contributed by atoms with van der Waals surface area (Å²) < 4.78 is 86.3. The van der Waals surface area contributed by atoms with Crippen LogP contribution in [0.3, 0.4) is 0 Å². The number of aryl methyl sites for hydroxylation is 1. The highest BCUT2D eigenvalue weighted by molar-refractivity contribution is 5.72. The Balaban J connectivity index is 1.91. The predicted molar refractivity (Wildman–Crippen MR) is 107 cm³/mol. The van der Waals surface area contributed by atoms with E-state index in [4.69, 9.17) is 0 Å². The number of benzene rings is 3. The summed E-state index contributed by atoms with van der Waals surface area (Å²) >= 11 is 0. The number of rotatable bonds is 7. The van der Waals surface area contributed by atoms with Crippen LogP contribution in [-0.2, 0) is 6.42 Å². The summed E-state index contributed by atoms with van der Waals surface area (Å²) in [5.74, 6) is -4.55. The van der Waals surface area contributed by atoms with Crippen LogP contribution in [-0.4, -0.2) is 6.43 Å². The van der Waals surface area contributed by atoms with Crippen LogP contribution in [0.25, 0.3) is 22.3 Å². The highest BCUT2D eigenvalue weighted by atomic mass is 19.3. The summed E-state index contributed by atoms with van der Waals surface area (Å²) in [5, 5.41) is 0. The quantitative estimate of drug-likeness (QED) is 0.273. The highest BCUT2D eigenvalue weighted by Gasteiger charge is 2.16. The van der Waals surface area contributed by atoms with Crippen LogP contribution in [0, 0.1) is 23.3 Å². The van der Waals surface area contributed by atoms with Crippen molar-refractivity contribution in [3.8, 4) is 28.0 Å². The van der Waals surface area contributed by atoms with Crippen molar-refractivity contribution in [1.29, 1.82) is 0 Å². The first-order valence-corrected chi connectivity index (χ1v) is 9.49. The Labute approximate surface area is 175 Å². The average molecular weight is 436 g/mol. The third-order valence-corrected chi connectivity index (χ3v) is 4.57. The number of hydrogen-bond donors (Lipinski definition) is 0. The lowest BCUT2D eigenvalue weighted by Crippen LogP contribution is -1.96. The zero-order valence-corrected chi connectivity index (χ0v) is 16.4. The normalized spacial score (nSPS) is 11.5. The largest absolute Gasteiger partial charge is 0.459 e. The fourth-order valence-electron chi connectivity index (χ4n) is 3.15. The average Bonchev–Trinajstić information content (AvgIpc) is 2.70. The molecule has 0 aliphatic heterocycles. The van der Waals surface area contributed by atoms with E-state index < -0.39 is 35.4 Å². The van der Waals surface area contributed by atoms with Crippen molar-refractivity contribution in [2.45, 2.75) is 26.2 Å². The molecule has 1 nitrogen and oxygen atoms in total. The monoisotopic (exact) mass is 436 g/mol. The standard InChI is InChI=1S/C24H18F6O/c1-2-3-14-4-6-17(19(25)10-14)15-5-7-18(20(26)11-15)16-12-21(27)24(22(28)13-16)31-9-8-23(29)30/h4-13,23H,2-3H2,1H3/b9-8+. The van der Waals surface area contributed by atoms with E-state index in [1.54, 1.807) is 12.1 Å². The molecule has 0 N–H and O–H groups in total. The fraction of sp³-hybridized carbons (Fsp3) is 0.167. The van der Waals surface area contributed by atoms with Gasteiger partial charge in [-0.1, -0.05) is 37.6 Å². The Hall–Kier alpha value is -3.22. The molecular formula is C24H18F6O. The Bertz CT molecular complexity index is 1080. The van der Waals surface area contributed by atoms with Crippen molar-refractivity contribution in [3.63, 3.8) is 0 Å². The van der Waals surface area contributed by atoms with Gasteiger partial charge in [-0.3, -0.25) is 0 Å². The third kappa shape index (κ3) is 5.29. The molecule has 3 aromatic rings. The molecule has 0 heterocycles. The molecule has 0 aliphatic carbocycles. The SMILES string of the molecule is CCCc1ccc(-c2ccc(-c3cc(F)c(O/C=C/C(F)F)c(F)c3)c(F)c2)c(F)c1. The number of halogens is 6. The molecule has 7 heteroatoms. The molecule has 0 amide bonds. The van der Waals surface area contributed by atoms with E-state index in [1.165, 1.54) is 18.2 Å². The minimum atomic E-state index is -2.84. The maximum atomic E-state index is 14.7. The lowest BCUT2D eigenvalue weighted by atomic mass is 9.97. The Morgan fingerprint density at radius 2 is 1.35 bits per heavy atom. The molecular weight excluding hydrogens is 418 g/mol. The molecule has 31 heavy (non-hydrogen) atoms. The molecule has 0 bridgehead atoms. The van der Waals surface area contributed by atoms with Crippen molar-refractivity contribution in [3.05, 3.63) is 89.7 Å². The Morgan fingerprint density at radius 1 is 0.774 bits per heavy atom. The molecule has 0 radical (unpaired) electrons. The third-order valence-electron chi connectivity index (χ3n) is 4.57. The zero-order valence-electron chi connectivity index (χ0n) is 16.4. The van der Waals surface area contributed by atoms with E-state index in [2.05, 4.69) is 4.74 Å². The van der Waals surface area contributed by atoms with Crippen LogP contribution in [0.5, 0.6) is 5.75 Å². The summed E-state index contributed by atoms with van der Waals surface area (Å²) in [6.45, 7) is 1.98. The van der Waals surface area contributed by atoms with E-state index >= 15 is 0 Å². The lowest BCUT2D eigenvalue weighted by Gasteiger charge is -2.11. The van der Waals surface area contributed by atoms with Crippen molar-refractivity contribution < 1.29 is 31.1 Å². The van der Waals surface area contributed by atoms with Gasteiger partial charge in [0.05, 0.1) is 6.26 Å². The van der Waals surface area contributed by atoms with Gasteiger partial charge in [0.25, 0.3) is 6.43 Å². The van der Waals surface area contributed by atoms with Gasteiger partial charge in [-0.2, -0.15) is 0 Å². The number of hydrogen-bond acceptors (Lipinski definition) is 1. The van der Waals surface area contributed by atoms with Crippen LogP contribution in [0.1, 0.15) is 18.9 Å². The van der Waals surface area contributed by atoms with Crippen LogP contribution in [0.2, 0.25) is 0 Å². The number of ether oxygens (including phenoxy) is 1. The van der Waals surface area contributed by atoms with Gasteiger partial charge in [0, 0.05) is 17.2 Å². The summed E-state index contributed by atoms with van der Waals surface area (Å²) in [7, 11) is 0. The molecule has 0 saturated heterocycles. The van der Waals surface area contributed by atoms with Gasteiger partial charge in [0.15, 0.2) is 17.4 Å². The first kappa shape index (κ1) is 22.5. The Kier molecular flexibility index (Phi) is 7.05. The summed E-state index contributed by atoms with van der Waals surface area (Å²) in [6, 6.07) is 10.2. The van der Waals surface area contributed by atoms with Crippen LogP contribution < -0.4 is 4.74 Å². The molecule has 0 aromatic heterocycles. The number of alkyl halides is 2. The van der Waals surface area contributed by atoms with Crippen LogP contribution in [0.15, 0.2) is 60.9 Å². The van der Waals surface area contributed by atoms with E-state index in [-0.39, 0.29) is 22.3 Å². The van der Waals surface area contributed by atoms with Crippen molar-refractivity contribution >= 4 is 0 Å². The van der Waals surface area contributed by atoms with Crippen molar-refractivity contribution in [1.82, 2.24) is 0 Å². The molecule has 0 aliphatic rings. The van der Waals surface area contributed by atoms with Gasteiger partial charge in [0.2, 0.25) is 0 Å². The van der Waals surface area contributed by atoms with E-state index in [1.807, 2.05) is 6.92 Å². The smallest absolute Gasteiger partial charge is 0.260 e. The molecule has 0 atom stereocenters. The van der Waals surface area contributed by atoms with Gasteiger partial charge in [-0.15, -0.1) is 0 Å². The minimum Gasteiger partial charge on any atom is -0.459 e. The second-order valence-corrected chi connectivity index (χ2v) is 6.81. The van der Waals surface area contributed by atoms with Crippen LogP contribution in [0.4, 0.5) is 26.3 Å². The van der Waals surface area contributed by atoms with Crippen molar-refractivity contribution in [2.75, 3.05) is 0 Å². The van der Waals surface area contributed by atoms with E-state index in [0.717, 1.165) is 36.6 Å². The van der Waals surface area contributed by atoms with Crippen LogP contribution >= 0.6 is 0 Å². The molecule has 0 fully saturated rings. The van der Waals surface area contributed by atoms with Gasteiger partial charge in [-0.25, -0.2) is 26.3 Å².